The number of ether oxygens (including phenoxy) is 1. The van der Waals surface area contributed by atoms with Gasteiger partial charge in [-0.1, -0.05) is 0 Å². The molecule has 0 fully saturated rings. The van der Waals surface area contributed by atoms with Gasteiger partial charge in [-0.3, -0.25) is 0 Å². The summed E-state index contributed by atoms with van der Waals surface area (Å²) < 4.78 is 20.5. The van der Waals surface area contributed by atoms with Crippen LogP contribution in [0.15, 0.2) is 27.7 Å². The van der Waals surface area contributed by atoms with Crippen molar-refractivity contribution in [1.82, 2.24) is 4.98 Å². The molecule has 0 bridgehead atoms. The lowest BCUT2D eigenvalue weighted by molar-refractivity contribution is 0.0600. The third-order valence-corrected chi connectivity index (χ3v) is 3.69. The highest BCUT2D eigenvalue weighted by atomic mass is 32.2. The van der Waals surface area contributed by atoms with Gasteiger partial charge in [-0.2, -0.15) is 0 Å². The van der Waals surface area contributed by atoms with Crippen LogP contribution < -0.4 is 0 Å². The van der Waals surface area contributed by atoms with E-state index in [1.165, 1.54) is 31.7 Å². The highest BCUT2D eigenvalue weighted by Crippen LogP contribution is 2.09. The number of aromatic nitrogens is 1. The van der Waals surface area contributed by atoms with Crippen molar-refractivity contribution in [3.63, 3.8) is 0 Å². The number of pyridine rings is 1. The summed E-state index contributed by atoms with van der Waals surface area (Å²) in [6, 6.07) is 3.07. The first kappa shape index (κ1) is 12.6. The van der Waals surface area contributed by atoms with Crippen molar-refractivity contribution in [2.24, 2.45) is 4.36 Å². The van der Waals surface area contributed by atoms with Gasteiger partial charge in [-0.15, -0.1) is 0 Å². The Hall–Kier alpha value is -1.43. The smallest absolute Gasteiger partial charge is 0.339 e. The summed E-state index contributed by atoms with van der Waals surface area (Å²) >= 11 is 0. The van der Waals surface area contributed by atoms with Gasteiger partial charge in [-0.05, 0) is 19.1 Å². The van der Waals surface area contributed by atoms with Crippen molar-refractivity contribution < 1.29 is 13.7 Å². The van der Waals surface area contributed by atoms with Crippen LogP contribution in [0.3, 0.4) is 0 Å². The van der Waals surface area contributed by atoms with Gasteiger partial charge in [0.1, 0.15) is 5.03 Å². The normalized spacial score (nSPS) is 13.9. The van der Waals surface area contributed by atoms with Crippen LogP contribution in [-0.2, 0) is 14.5 Å². The van der Waals surface area contributed by atoms with Gasteiger partial charge in [-0.25, -0.2) is 18.4 Å². The molecule has 0 N–H and O–H groups in total. The average Bonchev–Trinajstić information content (AvgIpc) is 2.28. The van der Waals surface area contributed by atoms with E-state index in [9.17, 15) is 9.00 Å². The topological polar surface area (TPSA) is 68.6 Å². The molecular weight excluding hydrogens is 228 g/mol. The lowest BCUT2D eigenvalue weighted by Crippen LogP contribution is -2.05. The van der Waals surface area contributed by atoms with E-state index >= 15 is 0 Å². The highest BCUT2D eigenvalue weighted by molar-refractivity contribution is 7.92. The Morgan fingerprint density at radius 1 is 1.56 bits per heavy atom. The molecule has 5 nitrogen and oxygen atoms in total. The number of hydrogen-bond acceptors (Lipinski definition) is 5. The van der Waals surface area contributed by atoms with Crippen LogP contribution in [0.4, 0.5) is 0 Å². The standard InChI is InChI=1S/C10H14N2O3S/c1-4-12-16(3,14)9-6-5-8(7-11-9)10(13)15-2/h5-7H,4H2,1-3H3. The van der Waals surface area contributed by atoms with E-state index in [-0.39, 0.29) is 0 Å². The minimum absolute atomic E-state index is 0.331. The van der Waals surface area contributed by atoms with E-state index in [0.717, 1.165) is 0 Å². The molecule has 1 rings (SSSR count). The molecule has 16 heavy (non-hydrogen) atoms. The van der Waals surface area contributed by atoms with E-state index < -0.39 is 15.7 Å². The Bertz CT molecular complexity index is 487. The maximum Gasteiger partial charge on any atom is 0.339 e. The van der Waals surface area contributed by atoms with E-state index in [1.807, 2.05) is 6.92 Å². The summed E-state index contributed by atoms with van der Waals surface area (Å²) in [5, 5.41) is 0.377. The number of carbonyl (C=O) groups is 1. The molecule has 1 unspecified atom stereocenters. The lowest BCUT2D eigenvalue weighted by Gasteiger charge is -2.03. The third kappa shape index (κ3) is 2.79. The second-order valence-corrected chi connectivity index (χ2v) is 5.41. The third-order valence-electron chi connectivity index (χ3n) is 1.92. The fourth-order valence-corrected chi connectivity index (χ4v) is 2.35. The summed E-state index contributed by atoms with van der Waals surface area (Å²) in [6.45, 7) is 2.28. The van der Waals surface area contributed by atoms with Gasteiger partial charge in [0.15, 0.2) is 0 Å². The van der Waals surface area contributed by atoms with E-state index in [2.05, 4.69) is 14.1 Å². The Labute approximate surface area is 95.0 Å². The number of rotatable bonds is 3. The van der Waals surface area contributed by atoms with Crippen molar-refractivity contribution in [3.8, 4) is 0 Å². The molecule has 0 amide bonds. The highest BCUT2D eigenvalue weighted by Gasteiger charge is 2.10. The van der Waals surface area contributed by atoms with Gasteiger partial charge >= 0.3 is 5.97 Å². The van der Waals surface area contributed by atoms with Crippen LogP contribution >= 0.6 is 0 Å². The average molecular weight is 242 g/mol. The molecular formula is C10H14N2O3S. The van der Waals surface area contributed by atoms with E-state index in [4.69, 9.17) is 0 Å². The summed E-state index contributed by atoms with van der Waals surface area (Å²) in [5.41, 5.74) is 0.331. The number of esters is 1. The molecule has 1 aromatic heterocycles. The van der Waals surface area contributed by atoms with Gasteiger partial charge < -0.3 is 4.74 Å². The predicted molar refractivity (Wildman–Crippen MR) is 60.9 cm³/mol. The van der Waals surface area contributed by atoms with Gasteiger partial charge in [0.05, 0.1) is 22.4 Å². The van der Waals surface area contributed by atoms with Crippen LogP contribution in [0, 0.1) is 0 Å². The Balaban J connectivity index is 3.09. The summed E-state index contributed by atoms with van der Waals surface area (Å²) in [6.07, 6.45) is 2.87. The Kier molecular flexibility index (Phi) is 4.00. The zero-order valence-electron chi connectivity index (χ0n) is 9.47. The first-order chi connectivity index (χ1) is 7.51. The number of nitrogens with zero attached hydrogens (tertiary/aromatic N) is 2. The summed E-state index contributed by atoms with van der Waals surface area (Å²) in [7, 11) is -1.15. The van der Waals surface area contributed by atoms with Crippen molar-refractivity contribution in [1.29, 1.82) is 0 Å². The molecule has 1 heterocycles. The molecule has 1 aromatic rings. The Morgan fingerprint density at radius 3 is 2.69 bits per heavy atom. The molecule has 0 aliphatic carbocycles. The molecule has 6 heteroatoms. The largest absolute Gasteiger partial charge is 0.465 e. The quantitative estimate of drug-likeness (QED) is 0.750. The molecule has 0 radical (unpaired) electrons. The minimum atomic E-state index is -2.45. The summed E-state index contributed by atoms with van der Waals surface area (Å²) in [4.78, 5) is 15.1. The van der Waals surface area contributed by atoms with Crippen LogP contribution in [0.5, 0.6) is 0 Å². The summed E-state index contributed by atoms with van der Waals surface area (Å²) in [5.74, 6) is -0.464. The van der Waals surface area contributed by atoms with Crippen molar-refractivity contribution >= 4 is 15.7 Å². The second kappa shape index (κ2) is 5.07. The first-order valence-electron chi connectivity index (χ1n) is 4.73. The van der Waals surface area contributed by atoms with Crippen molar-refractivity contribution in [2.45, 2.75) is 11.9 Å². The molecule has 1 atom stereocenters. The lowest BCUT2D eigenvalue weighted by atomic mass is 10.3. The van der Waals surface area contributed by atoms with Crippen LogP contribution in [0.2, 0.25) is 0 Å². The molecule has 0 saturated heterocycles. The SMILES string of the molecule is CCN=S(C)(=O)c1ccc(C(=O)OC)cn1. The molecule has 0 aromatic carbocycles. The van der Waals surface area contributed by atoms with Crippen LogP contribution in [0.25, 0.3) is 0 Å². The number of methoxy groups -OCH3 is 1. The fourth-order valence-electron chi connectivity index (χ4n) is 1.16. The molecule has 0 aliphatic heterocycles. The zero-order chi connectivity index (χ0) is 12.2. The maximum atomic E-state index is 12.0. The molecule has 88 valence electrons. The second-order valence-electron chi connectivity index (χ2n) is 3.12. The number of carbonyl (C=O) groups excluding carboxylic acids is 1. The number of hydrogen-bond donors (Lipinski definition) is 0. The van der Waals surface area contributed by atoms with Crippen molar-refractivity contribution in [3.05, 3.63) is 23.9 Å². The van der Waals surface area contributed by atoms with Crippen LogP contribution in [0.1, 0.15) is 17.3 Å². The zero-order valence-corrected chi connectivity index (χ0v) is 10.3. The monoisotopic (exact) mass is 242 g/mol. The van der Waals surface area contributed by atoms with E-state index in [0.29, 0.717) is 17.1 Å². The van der Waals surface area contributed by atoms with Gasteiger partial charge in [0.25, 0.3) is 0 Å². The fraction of sp³-hybridized carbons (Fsp3) is 0.400. The maximum absolute atomic E-state index is 12.0. The van der Waals surface area contributed by atoms with Crippen LogP contribution in [-0.4, -0.2) is 35.1 Å². The first-order valence-corrected chi connectivity index (χ1v) is 6.66. The molecule has 0 saturated carbocycles. The van der Waals surface area contributed by atoms with E-state index in [1.54, 1.807) is 0 Å². The van der Waals surface area contributed by atoms with Gasteiger partial charge in [0, 0.05) is 19.0 Å². The Morgan fingerprint density at radius 2 is 2.25 bits per heavy atom. The predicted octanol–water partition coefficient (Wildman–Crippen LogP) is 1.34. The molecule has 0 spiro atoms. The van der Waals surface area contributed by atoms with Crippen molar-refractivity contribution in [2.75, 3.05) is 19.9 Å². The molecule has 0 aliphatic rings. The van der Waals surface area contributed by atoms with Gasteiger partial charge in [0.2, 0.25) is 0 Å². The minimum Gasteiger partial charge on any atom is -0.465 e.